The molecule has 0 aromatic rings. The third kappa shape index (κ3) is 0.778. The second-order valence-electron chi connectivity index (χ2n) is 2.41. The van der Waals surface area contributed by atoms with E-state index in [2.05, 4.69) is 6.92 Å². The summed E-state index contributed by atoms with van der Waals surface area (Å²) in [6.07, 6.45) is 3.91. The summed E-state index contributed by atoms with van der Waals surface area (Å²) in [5, 5.41) is 0. The second-order valence-corrected chi connectivity index (χ2v) is 2.41. The van der Waals surface area contributed by atoms with Crippen molar-refractivity contribution in [2.75, 3.05) is 0 Å². The van der Waals surface area contributed by atoms with Crippen LogP contribution in [-0.2, 0) is 0 Å². The average molecular weight is 99.2 g/mol. The van der Waals surface area contributed by atoms with Gasteiger partial charge in [0.25, 0.3) is 0 Å². The van der Waals surface area contributed by atoms with Crippen molar-refractivity contribution in [2.45, 2.75) is 32.2 Å². The SMILES string of the molecule is CC[C@H]1CC[C@H]1N. The molecule has 1 saturated carbocycles. The van der Waals surface area contributed by atoms with Gasteiger partial charge in [0.05, 0.1) is 0 Å². The van der Waals surface area contributed by atoms with E-state index in [-0.39, 0.29) is 0 Å². The van der Waals surface area contributed by atoms with Crippen LogP contribution in [0, 0.1) is 5.92 Å². The van der Waals surface area contributed by atoms with E-state index >= 15 is 0 Å². The van der Waals surface area contributed by atoms with Gasteiger partial charge in [0.1, 0.15) is 0 Å². The van der Waals surface area contributed by atoms with Gasteiger partial charge in [-0.05, 0) is 18.8 Å². The lowest BCUT2D eigenvalue weighted by Gasteiger charge is -2.32. The van der Waals surface area contributed by atoms with Gasteiger partial charge < -0.3 is 5.73 Å². The Bertz CT molecular complexity index is 59.2. The first-order valence-corrected chi connectivity index (χ1v) is 3.10. The van der Waals surface area contributed by atoms with Crippen LogP contribution in [0.25, 0.3) is 0 Å². The van der Waals surface area contributed by atoms with E-state index in [1.165, 1.54) is 19.3 Å². The summed E-state index contributed by atoms with van der Waals surface area (Å²) in [5.74, 6) is 0.861. The van der Waals surface area contributed by atoms with Crippen LogP contribution >= 0.6 is 0 Å². The van der Waals surface area contributed by atoms with Gasteiger partial charge in [0.2, 0.25) is 0 Å². The van der Waals surface area contributed by atoms with Gasteiger partial charge in [-0.25, -0.2) is 0 Å². The fraction of sp³-hybridized carbons (Fsp3) is 1.00. The Kier molecular flexibility index (Phi) is 1.33. The number of nitrogens with two attached hydrogens (primary N) is 1. The van der Waals surface area contributed by atoms with Gasteiger partial charge in [-0.3, -0.25) is 0 Å². The zero-order valence-electron chi connectivity index (χ0n) is 4.85. The van der Waals surface area contributed by atoms with Crippen molar-refractivity contribution < 1.29 is 0 Å². The lowest BCUT2D eigenvalue weighted by molar-refractivity contribution is 0.250. The molecule has 0 amide bonds. The minimum Gasteiger partial charge on any atom is -0.327 e. The maximum Gasteiger partial charge on any atom is 0.00671 e. The van der Waals surface area contributed by atoms with Crippen LogP contribution in [0.2, 0.25) is 0 Å². The van der Waals surface area contributed by atoms with E-state index in [1.54, 1.807) is 0 Å². The van der Waals surface area contributed by atoms with Crippen molar-refractivity contribution in [3.05, 3.63) is 0 Å². The fourth-order valence-electron chi connectivity index (χ4n) is 1.10. The van der Waals surface area contributed by atoms with Gasteiger partial charge in [-0.1, -0.05) is 13.3 Å². The molecule has 0 spiro atoms. The van der Waals surface area contributed by atoms with Crippen LogP contribution in [0.4, 0.5) is 0 Å². The van der Waals surface area contributed by atoms with E-state index in [0.717, 1.165) is 5.92 Å². The minimum atomic E-state index is 0.546. The van der Waals surface area contributed by atoms with Gasteiger partial charge in [0, 0.05) is 6.04 Å². The molecule has 1 fully saturated rings. The quantitative estimate of drug-likeness (QED) is 0.524. The van der Waals surface area contributed by atoms with E-state index < -0.39 is 0 Å². The Balaban J connectivity index is 2.16. The first-order chi connectivity index (χ1) is 3.34. The smallest absolute Gasteiger partial charge is 0.00671 e. The van der Waals surface area contributed by atoms with Crippen molar-refractivity contribution in [3.8, 4) is 0 Å². The van der Waals surface area contributed by atoms with Crippen molar-refractivity contribution in [1.29, 1.82) is 0 Å². The Morgan fingerprint density at radius 1 is 1.57 bits per heavy atom. The molecule has 2 N–H and O–H groups in total. The molecule has 1 aliphatic carbocycles. The summed E-state index contributed by atoms with van der Waals surface area (Å²) in [5.41, 5.74) is 5.63. The summed E-state index contributed by atoms with van der Waals surface area (Å²) in [4.78, 5) is 0. The molecule has 0 radical (unpaired) electrons. The molecule has 0 aliphatic heterocycles. The Morgan fingerprint density at radius 3 is 2.29 bits per heavy atom. The molecule has 7 heavy (non-hydrogen) atoms. The number of rotatable bonds is 1. The molecule has 1 heteroatoms. The molecule has 0 heterocycles. The highest BCUT2D eigenvalue weighted by Crippen LogP contribution is 2.27. The highest BCUT2D eigenvalue weighted by Gasteiger charge is 2.24. The standard InChI is InChI=1S/C6H13N/c1-2-5-3-4-6(5)7/h5-6H,2-4,7H2,1H3/t5-,6+/m0/s1. The molecule has 0 aromatic heterocycles. The summed E-state index contributed by atoms with van der Waals surface area (Å²) >= 11 is 0. The molecule has 0 saturated heterocycles. The highest BCUT2D eigenvalue weighted by molar-refractivity contribution is 4.81. The summed E-state index contributed by atoms with van der Waals surface area (Å²) in [6.45, 7) is 2.21. The van der Waals surface area contributed by atoms with Crippen LogP contribution < -0.4 is 5.73 Å². The van der Waals surface area contributed by atoms with Gasteiger partial charge >= 0.3 is 0 Å². The Hall–Kier alpha value is -0.0400. The summed E-state index contributed by atoms with van der Waals surface area (Å²) in [7, 11) is 0. The molecule has 1 nitrogen and oxygen atoms in total. The van der Waals surface area contributed by atoms with Gasteiger partial charge in [0.15, 0.2) is 0 Å². The zero-order valence-corrected chi connectivity index (χ0v) is 4.85. The molecule has 2 atom stereocenters. The Labute approximate surface area is 44.9 Å². The third-order valence-electron chi connectivity index (χ3n) is 2.00. The van der Waals surface area contributed by atoms with Gasteiger partial charge in [-0.15, -0.1) is 0 Å². The molecule has 42 valence electrons. The van der Waals surface area contributed by atoms with Crippen LogP contribution in [0.15, 0.2) is 0 Å². The van der Waals surface area contributed by atoms with Crippen molar-refractivity contribution in [3.63, 3.8) is 0 Å². The highest BCUT2D eigenvalue weighted by atomic mass is 14.7. The van der Waals surface area contributed by atoms with Gasteiger partial charge in [-0.2, -0.15) is 0 Å². The van der Waals surface area contributed by atoms with E-state index in [1.807, 2.05) is 0 Å². The van der Waals surface area contributed by atoms with E-state index in [4.69, 9.17) is 5.73 Å². The predicted octanol–water partition coefficient (Wildman–Crippen LogP) is 1.13. The molecular formula is C6H13N. The fourth-order valence-corrected chi connectivity index (χ4v) is 1.10. The first-order valence-electron chi connectivity index (χ1n) is 3.10. The van der Waals surface area contributed by atoms with Crippen LogP contribution in [0.1, 0.15) is 26.2 Å². The maximum absolute atomic E-state index is 5.63. The lowest BCUT2D eigenvalue weighted by atomic mass is 9.79. The number of hydrogen-bond acceptors (Lipinski definition) is 1. The Morgan fingerprint density at radius 2 is 2.29 bits per heavy atom. The normalized spacial score (nSPS) is 40.3. The van der Waals surface area contributed by atoms with E-state index in [9.17, 15) is 0 Å². The first kappa shape index (κ1) is 5.10. The minimum absolute atomic E-state index is 0.546. The molecule has 1 rings (SSSR count). The monoisotopic (exact) mass is 99.1 g/mol. The predicted molar refractivity (Wildman–Crippen MR) is 31.0 cm³/mol. The lowest BCUT2D eigenvalue weighted by Crippen LogP contribution is -2.38. The average Bonchev–Trinajstić information content (AvgIpc) is 1.65. The molecule has 1 aliphatic rings. The summed E-state index contributed by atoms with van der Waals surface area (Å²) < 4.78 is 0. The van der Waals surface area contributed by atoms with Crippen molar-refractivity contribution in [1.82, 2.24) is 0 Å². The van der Waals surface area contributed by atoms with Crippen LogP contribution in [0.5, 0.6) is 0 Å². The number of hydrogen-bond donors (Lipinski definition) is 1. The second kappa shape index (κ2) is 1.83. The van der Waals surface area contributed by atoms with Crippen molar-refractivity contribution >= 4 is 0 Å². The van der Waals surface area contributed by atoms with Crippen LogP contribution in [0.3, 0.4) is 0 Å². The molecule has 0 bridgehead atoms. The van der Waals surface area contributed by atoms with Crippen molar-refractivity contribution in [2.24, 2.45) is 11.7 Å². The maximum atomic E-state index is 5.63. The zero-order chi connectivity index (χ0) is 5.28. The molecule has 0 unspecified atom stereocenters. The third-order valence-corrected chi connectivity index (χ3v) is 2.00. The molecular weight excluding hydrogens is 86.1 g/mol. The largest absolute Gasteiger partial charge is 0.327 e. The van der Waals surface area contributed by atoms with E-state index in [0.29, 0.717) is 6.04 Å². The molecule has 0 aromatic carbocycles. The summed E-state index contributed by atoms with van der Waals surface area (Å²) in [6, 6.07) is 0.546. The van der Waals surface area contributed by atoms with Crippen LogP contribution in [-0.4, -0.2) is 6.04 Å². The topological polar surface area (TPSA) is 26.0 Å².